The average molecular weight is 204 g/mol. The van der Waals surface area contributed by atoms with Gasteiger partial charge in [-0.3, -0.25) is 0 Å². The van der Waals surface area contributed by atoms with Crippen LogP contribution in [0.15, 0.2) is 12.1 Å². The van der Waals surface area contributed by atoms with E-state index in [1.54, 1.807) is 13.0 Å². The first-order chi connectivity index (χ1) is 7.13. The Bertz CT molecular complexity index is 433. The molecule has 0 heterocycles. The summed E-state index contributed by atoms with van der Waals surface area (Å²) in [5, 5.41) is 8.83. The Labute approximate surface area is 88.3 Å². The summed E-state index contributed by atoms with van der Waals surface area (Å²) in [4.78, 5) is 11.4. The zero-order valence-corrected chi connectivity index (χ0v) is 8.70. The van der Waals surface area contributed by atoms with Gasteiger partial charge in [-0.2, -0.15) is 5.26 Å². The van der Waals surface area contributed by atoms with Crippen LogP contribution in [-0.2, 0) is 11.3 Å². The predicted octanol–water partition coefficient (Wildman–Crippen LogP) is 1.11. The van der Waals surface area contributed by atoms with E-state index < -0.39 is 5.97 Å². The summed E-state index contributed by atoms with van der Waals surface area (Å²) < 4.78 is 4.61. The number of carbonyl (C=O) groups is 1. The Hall–Kier alpha value is -1.86. The number of rotatable bonds is 2. The highest BCUT2D eigenvalue weighted by Crippen LogP contribution is 2.16. The van der Waals surface area contributed by atoms with Crippen LogP contribution in [0.3, 0.4) is 0 Å². The number of nitrogens with two attached hydrogens (primary N) is 1. The lowest BCUT2D eigenvalue weighted by Crippen LogP contribution is -2.10. The van der Waals surface area contributed by atoms with Crippen LogP contribution in [0.25, 0.3) is 0 Å². The second kappa shape index (κ2) is 4.58. The van der Waals surface area contributed by atoms with Gasteiger partial charge in [-0.1, -0.05) is 6.07 Å². The number of esters is 1. The average Bonchev–Trinajstić information content (AvgIpc) is 2.27. The van der Waals surface area contributed by atoms with Crippen molar-refractivity contribution in [2.45, 2.75) is 13.5 Å². The van der Waals surface area contributed by atoms with Crippen LogP contribution in [-0.4, -0.2) is 13.1 Å². The standard InChI is InChI=1S/C11H12N2O2/c1-7-3-9(6-13)10(11(14)15-2)4-8(7)5-12/h3-4H,6,13H2,1-2H3. The van der Waals surface area contributed by atoms with E-state index >= 15 is 0 Å². The molecule has 1 rings (SSSR count). The van der Waals surface area contributed by atoms with Gasteiger partial charge in [0, 0.05) is 6.54 Å². The molecule has 1 aromatic rings. The molecule has 0 atom stereocenters. The summed E-state index contributed by atoms with van der Waals surface area (Å²) in [6, 6.07) is 5.28. The molecule has 4 nitrogen and oxygen atoms in total. The van der Waals surface area contributed by atoms with E-state index in [0.717, 1.165) is 5.56 Å². The van der Waals surface area contributed by atoms with Crippen molar-refractivity contribution in [3.05, 3.63) is 34.4 Å². The van der Waals surface area contributed by atoms with E-state index in [0.29, 0.717) is 16.7 Å². The van der Waals surface area contributed by atoms with Gasteiger partial charge in [-0.15, -0.1) is 0 Å². The van der Waals surface area contributed by atoms with Crippen molar-refractivity contribution in [3.63, 3.8) is 0 Å². The fourth-order valence-corrected chi connectivity index (χ4v) is 1.36. The van der Waals surface area contributed by atoms with E-state index in [9.17, 15) is 4.79 Å². The summed E-state index contributed by atoms with van der Waals surface area (Å²) in [6.07, 6.45) is 0. The van der Waals surface area contributed by atoms with Crippen LogP contribution in [0.5, 0.6) is 0 Å². The van der Waals surface area contributed by atoms with E-state index in [-0.39, 0.29) is 6.54 Å². The Morgan fingerprint density at radius 1 is 1.60 bits per heavy atom. The Morgan fingerprint density at radius 3 is 2.73 bits per heavy atom. The van der Waals surface area contributed by atoms with Gasteiger partial charge in [0.25, 0.3) is 0 Å². The van der Waals surface area contributed by atoms with E-state index in [1.165, 1.54) is 13.2 Å². The smallest absolute Gasteiger partial charge is 0.338 e. The largest absolute Gasteiger partial charge is 0.465 e. The summed E-state index contributed by atoms with van der Waals surface area (Å²) in [6.45, 7) is 2.05. The SMILES string of the molecule is COC(=O)c1cc(C#N)c(C)cc1CN. The first-order valence-corrected chi connectivity index (χ1v) is 4.46. The molecule has 2 N–H and O–H groups in total. The van der Waals surface area contributed by atoms with Crippen LogP contribution >= 0.6 is 0 Å². The highest BCUT2D eigenvalue weighted by Gasteiger charge is 2.13. The van der Waals surface area contributed by atoms with Gasteiger partial charge in [0.15, 0.2) is 0 Å². The maximum atomic E-state index is 11.4. The van der Waals surface area contributed by atoms with Crippen LogP contribution in [0.2, 0.25) is 0 Å². The third-order valence-corrected chi connectivity index (χ3v) is 2.20. The highest BCUT2D eigenvalue weighted by molar-refractivity contribution is 5.91. The molecule has 0 aliphatic rings. The zero-order chi connectivity index (χ0) is 11.4. The predicted molar refractivity (Wildman–Crippen MR) is 55.1 cm³/mol. The first kappa shape index (κ1) is 11.2. The van der Waals surface area contributed by atoms with Crippen molar-refractivity contribution >= 4 is 5.97 Å². The van der Waals surface area contributed by atoms with E-state index in [4.69, 9.17) is 11.0 Å². The molecule has 15 heavy (non-hydrogen) atoms. The number of hydrogen-bond acceptors (Lipinski definition) is 4. The van der Waals surface area contributed by atoms with Crippen molar-refractivity contribution < 1.29 is 9.53 Å². The monoisotopic (exact) mass is 204 g/mol. The normalized spacial score (nSPS) is 9.47. The van der Waals surface area contributed by atoms with Crippen LogP contribution < -0.4 is 5.73 Å². The van der Waals surface area contributed by atoms with Crippen LogP contribution in [0.1, 0.15) is 27.0 Å². The molecule has 78 valence electrons. The lowest BCUT2D eigenvalue weighted by atomic mass is 10.00. The minimum Gasteiger partial charge on any atom is -0.465 e. The fraction of sp³-hybridized carbons (Fsp3) is 0.273. The highest BCUT2D eigenvalue weighted by atomic mass is 16.5. The van der Waals surface area contributed by atoms with Gasteiger partial charge in [0.05, 0.1) is 24.3 Å². The fourth-order valence-electron chi connectivity index (χ4n) is 1.36. The van der Waals surface area contributed by atoms with Gasteiger partial charge in [0.2, 0.25) is 0 Å². The third-order valence-electron chi connectivity index (χ3n) is 2.20. The number of nitriles is 1. The lowest BCUT2D eigenvalue weighted by molar-refractivity contribution is 0.0599. The number of aryl methyl sites for hydroxylation is 1. The second-order valence-electron chi connectivity index (χ2n) is 3.13. The van der Waals surface area contributed by atoms with Crippen molar-refractivity contribution in [1.29, 1.82) is 5.26 Å². The summed E-state index contributed by atoms with van der Waals surface area (Å²) in [7, 11) is 1.30. The van der Waals surface area contributed by atoms with E-state index in [2.05, 4.69) is 4.74 Å². The molecule has 0 saturated carbocycles. The summed E-state index contributed by atoms with van der Waals surface area (Å²) in [5.41, 5.74) is 7.84. The number of nitrogens with zero attached hydrogens (tertiary/aromatic N) is 1. The summed E-state index contributed by atoms with van der Waals surface area (Å²) in [5.74, 6) is -0.466. The molecule has 0 unspecified atom stereocenters. The maximum Gasteiger partial charge on any atom is 0.338 e. The van der Waals surface area contributed by atoms with Crippen molar-refractivity contribution in [2.75, 3.05) is 7.11 Å². The molecular formula is C11H12N2O2. The minimum absolute atomic E-state index is 0.247. The second-order valence-corrected chi connectivity index (χ2v) is 3.13. The molecule has 0 radical (unpaired) electrons. The van der Waals surface area contributed by atoms with Gasteiger partial charge >= 0.3 is 5.97 Å². The molecule has 0 fully saturated rings. The minimum atomic E-state index is -0.466. The zero-order valence-electron chi connectivity index (χ0n) is 8.70. The molecule has 1 aromatic carbocycles. The molecule has 0 amide bonds. The molecule has 4 heteroatoms. The number of hydrogen-bond donors (Lipinski definition) is 1. The maximum absolute atomic E-state index is 11.4. The van der Waals surface area contributed by atoms with Crippen molar-refractivity contribution in [3.8, 4) is 6.07 Å². The number of carbonyl (C=O) groups excluding carboxylic acids is 1. The van der Waals surface area contributed by atoms with Gasteiger partial charge < -0.3 is 10.5 Å². The molecule has 0 saturated heterocycles. The van der Waals surface area contributed by atoms with Gasteiger partial charge in [0.1, 0.15) is 0 Å². The molecule has 0 spiro atoms. The molecule has 0 bridgehead atoms. The lowest BCUT2D eigenvalue weighted by Gasteiger charge is -2.08. The third kappa shape index (κ3) is 2.14. The van der Waals surface area contributed by atoms with Crippen molar-refractivity contribution in [2.24, 2.45) is 5.73 Å². The number of benzene rings is 1. The van der Waals surface area contributed by atoms with E-state index in [1.807, 2.05) is 6.07 Å². The Kier molecular flexibility index (Phi) is 3.42. The molecule has 0 aliphatic heterocycles. The Balaban J connectivity index is 3.36. The first-order valence-electron chi connectivity index (χ1n) is 4.46. The summed E-state index contributed by atoms with van der Waals surface area (Å²) >= 11 is 0. The quantitative estimate of drug-likeness (QED) is 0.732. The topological polar surface area (TPSA) is 76.1 Å². The van der Waals surface area contributed by atoms with Crippen LogP contribution in [0, 0.1) is 18.3 Å². The molecular weight excluding hydrogens is 192 g/mol. The molecule has 0 aliphatic carbocycles. The number of methoxy groups -OCH3 is 1. The van der Waals surface area contributed by atoms with Gasteiger partial charge in [-0.05, 0) is 24.1 Å². The number of ether oxygens (including phenoxy) is 1. The molecule has 0 aromatic heterocycles. The van der Waals surface area contributed by atoms with Crippen molar-refractivity contribution in [1.82, 2.24) is 0 Å². The Morgan fingerprint density at radius 2 is 2.27 bits per heavy atom. The van der Waals surface area contributed by atoms with Gasteiger partial charge in [-0.25, -0.2) is 4.79 Å². The van der Waals surface area contributed by atoms with Crippen LogP contribution in [0.4, 0.5) is 0 Å².